The van der Waals surface area contributed by atoms with Crippen LogP contribution < -0.4 is 0 Å². The van der Waals surface area contributed by atoms with Crippen LogP contribution in [0.3, 0.4) is 0 Å². The van der Waals surface area contributed by atoms with E-state index in [1.54, 1.807) is 11.3 Å². The van der Waals surface area contributed by atoms with E-state index in [2.05, 4.69) is 16.8 Å². The van der Waals surface area contributed by atoms with Crippen molar-refractivity contribution in [3.63, 3.8) is 0 Å². The van der Waals surface area contributed by atoms with Gasteiger partial charge < -0.3 is 5.11 Å². The number of rotatable bonds is 3. The van der Waals surface area contributed by atoms with Crippen molar-refractivity contribution in [2.24, 2.45) is 5.92 Å². The van der Waals surface area contributed by atoms with Gasteiger partial charge >= 0.3 is 0 Å². The highest BCUT2D eigenvalue weighted by atomic mass is 32.2. The fourth-order valence-corrected chi connectivity index (χ4v) is 3.68. The van der Waals surface area contributed by atoms with Crippen molar-refractivity contribution in [1.29, 1.82) is 0 Å². The van der Waals surface area contributed by atoms with Crippen molar-refractivity contribution in [2.75, 3.05) is 11.5 Å². The highest BCUT2D eigenvalue weighted by Crippen LogP contribution is 2.27. The Bertz CT molecular complexity index is 239. The van der Waals surface area contributed by atoms with Crippen LogP contribution in [0.1, 0.15) is 12.0 Å². The molecule has 1 aromatic rings. The molecule has 13 heavy (non-hydrogen) atoms. The minimum atomic E-state index is -0.121. The van der Waals surface area contributed by atoms with Gasteiger partial charge in [0, 0.05) is 0 Å². The highest BCUT2D eigenvalue weighted by molar-refractivity contribution is 7.99. The summed E-state index contributed by atoms with van der Waals surface area (Å²) in [6.07, 6.45) is 1.91. The summed E-state index contributed by atoms with van der Waals surface area (Å²) in [6, 6.07) is 2.11. The molecule has 0 aliphatic carbocycles. The van der Waals surface area contributed by atoms with Gasteiger partial charge in [-0.3, -0.25) is 0 Å². The van der Waals surface area contributed by atoms with Gasteiger partial charge in [-0.1, -0.05) is 0 Å². The van der Waals surface area contributed by atoms with Crippen LogP contribution in [0.2, 0.25) is 0 Å². The molecule has 0 amide bonds. The molecular weight excluding hydrogens is 200 g/mol. The van der Waals surface area contributed by atoms with Crippen molar-refractivity contribution >= 4 is 23.1 Å². The zero-order valence-corrected chi connectivity index (χ0v) is 9.11. The van der Waals surface area contributed by atoms with E-state index in [9.17, 15) is 5.11 Å². The summed E-state index contributed by atoms with van der Waals surface area (Å²) in [4.78, 5) is 0. The van der Waals surface area contributed by atoms with Crippen molar-refractivity contribution in [1.82, 2.24) is 0 Å². The van der Waals surface area contributed by atoms with Crippen molar-refractivity contribution in [3.8, 4) is 0 Å². The molecule has 0 bridgehead atoms. The van der Waals surface area contributed by atoms with Crippen LogP contribution >= 0.6 is 23.1 Å². The van der Waals surface area contributed by atoms with Gasteiger partial charge in [-0.25, -0.2) is 0 Å². The van der Waals surface area contributed by atoms with E-state index in [-0.39, 0.29) is 6.10 Å². The summed E-state index contributed by atoms with van der Waals surface area (Å²) < 4.78 is 0. The molecule has 0 spiro atoms. The predicted octanol–water partition coefficient (Wildman–Crippen LogP) is 2.40. The molecule has 1 aliphatic rings. The maximum absolute atomic E-state index is 9.91. The summed E-state index contributed by atoms with van der Waals surface area (Å²) in [7, 11) is 0. The normalized spacial score (nSPS) is 24.8. The molecule has 1 aromatic heterocycles. The lowest BCUT2D eigenvalue weighted by atomic mass is 9.97. The van der Waals surface area contributed by atoms with Crippen LogP contribution in [-0.2, 0) is 6.42 Å². The van der Waals surface area contributed by atoms with Crippen molar-refractivity contribution in [3.05, 3.63) is 22.4 Å². The van der Waals surface area contributed by atoms with Crippen molar-refractivity contribution in [2.45, 2.75) is 18.9 Å². The lowest BCUT2D eigenvalue weighted by molar-refractivity contribution is 0.120. The predicted molar refractivity (Wildman–Crippen MR) is 59.5 cm³/mol. The second-order valence-electron chi connectivity index (χ2n) is 3.53. The first-order valence-electron chi connectivity index (χ1n) is 4.63. The third kappa shape index (κ3) is 2.48. The standard InChI is InChI=1S/C10H14OS2/c11-10(9-2-4-13-7-9)5-8-1-3-12-6-8/h1,3,6,9-11H,2,4-5,7H2. The number of hydrogen-bond acceptors (Lipinski definition) is 3. The van der Waals surface area contributed by atoms with Gasteiger partial charge in [-0.2, -0.15) is 23.1 Å². The van der Waals surface area contributed by atoms with Crippen LogP contribution in [0.4, 0.5) is 0 Å². The minimum Gasteiger partial charge on any atom is -0.392 e. The van der Waals surface area contributed by atoms with Gasteiger partial charge in [0.2, 0.25) is 0 Å². The number of thioether (sulfide) groups is 1. The molecule has 1 saturated heterocycles. The fraction of sp³-hybridized carbons (Fsp3) is 0.600. The quantitative estimate of drug-likeness (QED) is 0.834. The molecule has 2 unspecified atom stereocenters. The second-order valence-corrected chi connectivity index (χ2v) is 5.46. The van der Waals surface area contributed by atoms with Crippen LogP contribution in [0, 0.1) is 5.92 Å². The molecule has 72 valence electrons. The van der Waals surface area contributed by atoms with E-state index >= 15 is 0 Å². The third-order valence-corrected chi connectivity index (χ3v) is 4.45. The maximum Gasteiger partial charge on any atom is 0.0617 e. The van der Waals surface area contributed by atoms with Gasteiger partial charge in [-0.05, 0) is 52.7 Å². The van der Waals surface area contributed by atoms with Crippen LogP contribution in [0.15, 0.2) is 16.8 Å². The average Bonchev–Trinajstić information content (AvgIpc) is 2.74. The average molecular weight is 214 g/mol. The molecule has 2 atom stereocenters. The van der Waals surface area contributed by atoms with Gasteiger partial charge in [0.1, 0.15) is 0 Å². The Morgan fingerprint density at radius 3 is 3.15 bits per heavy atom. The Morgan fingerprint density at radius 2 is 2.54 bits per heavy atom. The van der Waals surface area contributed by atoms with Gasteiger partial charge in [0.25, 0.3) is 0 Å². The first-order chi connectivity index (χ1) is 6.36. The summed E-state index contributed by atoms with van der Waals surface area (Å²) in [6.45, 7) is 0. The van der Waals surface area contributed by atoms with E-state index in [1.165, 1.54) is 17.7 Å². The first kappa shape index (κ1) is 9.56. The zero-order chi connectivity index (χ0) is 9.10. The van der Waals surface area contributed by atoms with Crippen LogP contribution in [-0.4, -0.2) is 22.7 Å². The Hall–Kier alpha value is 0.01000. The molecule has 2 heterocycles. The Kier molecular flexibility index (Phi) is 3.30. The Balaban J connectivity index is 1.87. The molecule has 0 aromatic carbocycles. The summed E-state index contributed by atoms with van der Waals surface area (Å²) in [5.41, 5.74) is 1.29. The van der Waals surface area contributed by atoms with E-state index < -0.39 is 0 Å². The number of hydrogen-bond donors (Lipinski definition) is 1. The van der Waals surface area contributed by atoms with Crippen LogP contribution in [0.25, 0.3) is 0 Å². The molecule has 3 heteroatoms. The Labute approximate surface area is 87.2 Å². The smallest absolute Gasteiger partial charge is 0.0617 e. The third-order valence-electron chi connectivity index (χ3n) is 2.53. The van der Waals surface area contributed by atoms with Gasteiger partial charge in [-0.15, -0.1) is 0 Å². The van der Waals surface area contributed by atoms with E-state index in [0.29, 0.717) is 5.92 Å². The number of aliphatic hydroxyl groups is 1. The topological polar surface area (TPSA) is 20.2 Å². The Morgan fingerprint density at radius 1 is 1.62 bits per heavy atom. The molecule has 1 nitrogen and oxygen atoms in total. The van der Waals surface area contributed by atoms with Crippen molar-refractivity contribution < 1.29 is 5.11 Å². The summed E-state index contributed by atoms with van der Waals surface area (Å²) in [5, 5.41) is 14.1. The monoisotopic (exact) mass is 214 g/mol. The summed E-state index contributed by atoms with van der Waals surface area (Å²) in [5.74, 6) is 2.90. The zero-order valence-electron chi connectivity index (χ0n) is 7.48. The molecule has 1 fully saturated rings. The number of aliphatic hydroxyl groups excluding tert-OH is 1. The van der Waals surface area contributed by atoms with E-state index in [0.717, 1.165) is 12.2 Å². The molecule has 1 aliphatic heterocycles. The summed E-state index contributed by atoms with van der Waals surface area (Å²) >= 11 is 3.67. The van der Waals surface area contributed by atoms with Gasteiger partial charge in [0.15, 0.2) is 0 Å². The second kappa shape index (κ2) is 4.49. The molecule has 2 rings (SSSR count). The molecule has 0 saturated carbocycles. The molecule has 0 radical (unpaired) electrons. The lowest BCUT2D eigenvalue weighted by Gasteiger charge is -2.15. The first-order valence-corrected chi connectivity index (χ1v) is 6.73. The molecule has 1 N–H and O–H groups in total. The fourth-order valence-electron chi connectivity index (χ4n) is 1.67. The highest BCUT2D eigenvalue weighted by Gasteiger charge is 2.23. The molecular formula is C10H14OS2. The largest absolute Gasteiger partial charge is 0.392 e. The van der Waals surface area contributed by atoms with E-state index in [1.807, 2.05) is 11.8 Å². The maximum atomic E-state index is 9.91. The van der Waals surface area contributed by atoms with Gasteiger partial charge in [0.05, 0.1) is 6.10 Å². The lowest BCUT2D eigenvalue weighted by Crippen LogP contribution is -2.22. The minimum absolute atomic E-state index is 0.121. The van der Waals surface area contributed by atoms with Crippen LogP contribution in [0.5, 0.6) is 0 Å². The number of thiophene rings is 1. The van der Waals surface area contributed by atoms with E-state index in [4.69, 9.17) is 0 Å². The SMILES string of the molecule is OC(Cc1ccsc1)C1CCSC1.